The molecule has 2 aromatic carbocycles. The first-order valence-electron chi connectivity index (χ1n) is 10.1. The third-order valence-corrected chi connectivity index (χ3v) is 6.42. The highest BCUT2D eigenvalue weighted by molar-refractivity contribution is 9.11. The van der Waals surface area contributed by atoms with Gasteiger partial charge in [0.25, 0.3) is 0 Å². The van der Waals surface area contributed by atoms with Gasteiger partial charge in [0, 0.05) is 5.41 Å². The van der Waals surface area contributed by atoms with E-state index >= 15 is 0 Å². The lowest BCUT2D eigenvalue weighted by atomic mass is 9.78. The molecule has 0 aliphatic carbocycles. The lowest BCUT2D eigenvalue weighted by molar-refractivity contribution is 0.200. The minimum atomic E-state index is -0.254. The van der Waals surface area contributed by atoms with Crippen LogP contribution in [0.25, 0.3) is 0 Å². The van der Waals surface area contributed by atoms with E-state index in [2.05, 4.69) is 102 Å². The number of hydrogen-bond acceptors (Lipinski definition) is 3. The Hall–Kier alpha value is -0.0800. The fourth-order valence-corrected chi connectivity index (χ4v) is 5.41. The van der Waals surface area contributed by atoms with Crippen molar-refractivity contribution in [2.45, 2.75) is 53.9 Å². The average molecular weight is 676 g/mol. The van der Waals surface area contributed by atoms with Gasteiger partial charge in [0.05, 0.1) is 31.1 Å². The van der Waals surface area contributed by atoms with E-state index in [4.69, 9.17) is 14.6 Å². The van der Waals surface area contributed by atoms with Crippen LogP contribution in [0.4, 0.5) is 0 Å². The molecule has 0 aromatic heterocycles. The first kappa shape index (κ1) is 29.9. The highest BCUT2D eigenvalue weighted by Crippen LogP contribution is 2.43. The van der Waals surface area contributed by atoms with Gasteiger partial charge in [-0.3, -0.25) is 0 Å². The van der Waals surface area contributed by atoms with Crippen molar-refractivity contribution < 1.29 is 14.6 Å². The van der Waals surface area contributed by atoms with E-state index in [1.54, 1.807) is 0 Å². The number of benzene rings is 2. The van der Waals surface area contributed by atoms with Gasteiger partial charge in [-0.15, -0.1) is 0 Å². The van der Waals surface area contributed by atoms with Crippen molar-refractivity contribution in [2.24, 2.45) is 0 Å². The Morgan fingerprint density at radius 3 is 1.37 bits per heavy atom. The van der Waals surface area contributed by atoms with Gasteiger partial charge in [0.1, 0.15) is 18.1 Å². The minimum absolute atomic E-state index is 0.0274. The zero-order valence-corrected chi connectivity index (χ0v) is 25.1. The van der Waals surface area contributed by atoms with Gasteiger partial charge in [-0.2, -0.15) is 0 Å². The van der Waals surface area contributed by atoms with Gasteiger partial charge in [-0.25, -0.2) is 0 Å². The van der Waals surface area contributed by atoms with E-state index in [0.29, 0.717) is 12.4 Å². The lowest BCUT2D eigenvalue weighted by Gasteiger charge is -2.28. The predicted octanol–water partition coefficient (Wildman–Crippen LogP) is 8.88. The fourth-order valence-electron chi connectivity index (χ4n) is 2.58. The maximum absolute atomic E-state index is 8.98. The Balaban J connectivity index is 0.00000198. The molecule has 0 amide bonds. The van der Waals surface area contributed by atoms with E-state index in [9.17, 15) is 0 Å². The number of aliphatic hydroxyl groups excluding tert-OH is 1. The van der Waals surface area contributed by atoms with Crippen LogP contribution in [0.1, 0.15) is 59.6 Å². The molecule has 0 saturated carbocycles. The number of hydrogen-bond donors (Lipinski definition) is 1. The topological polar surface area (TPSA) is 38.7 Å². The Bertz CT molecular complexity index is 746. The molecule has 0 bridgehead atoms. The second-order valence-electron chi connectivity index (χ2n) is 6.17. The summed E-state index contributed by atoms with van der Waals surface area (Å²) in [7, 11) is 0. The Kier molecular flexibility index (Phi) is 14.8. The molecular formula is C23H32Br4O3. The normalized spacial score (nSPS) is 10.4. The quantitative estimate of drug-likeness (QED) is 0.319. The summed E-state index contributed by atoms with van der Waals surface area (Å²) in [6.07, 6.45) is 0. The van der Waals surface area contributed by atoms with Gasteiger partial charge < -0.3 is 14.6 Å². The van der Waals surface area contributed by atoms with E-state index in [1.165, 1.54) is 0 Å². The smallest absolute Gasteiger partial charge is 0.147 e. The largest absolute Gasteiger partial charge is 0.492 e. The second-order valence-corrected chi connectivity index (χ2v) is 9.59. The maximum atomic E-state index is 8.98. The molecule has 170 valence electrons. The molecule has 0 aliphatic rings. The van der Waals surface area contributed by atoms with Crippen LogP contribution in [-0.2, 0) is 5.41 Å². The van der Waals surface area contributed by atoms with Crippen molar-refractivity contribution in [3.63, 3.8) is 0 Å². The summed E-state index contributed by atoms with van der Waals surface area (Å²) < 4.78 is 14.8. The van der Waals surface area contributed by atoms with Gasteiger partial charge >= 0.3 is 0 Å². The summed E-state index contributed by atoms with van der Waals surface area (Å²) in [6.45, 7) is 15.1. The van der Waals surface area contributed by atoms with E-state index in [-0.39, 0.29) is 18.6 Å². The van der Waals surface area contributed by atoms with Crippen molar-refractivity contribution >= 4 is 63.7 Å². The fraction of sp³-hybridized carbons (Fsp3) is 0.478. The molecule has 2 aromatic rings. The summed E-state index contributed by atoms with van der Waals surface area (Å²) in [5.41, 5.74) is 2.01. The number of halogens is 4. The lowest BCUT2D eigenvalue weighted by Crippen LogP contribution is -2.19. The number of rotatable bonds is 7. The summed E-state index contributed by atoms with van der Waals surface area (Å²) in [5.74, 6) is 1.50. The Morgan fingerprint density at radius 1 is 0.733 bits per heavy atom. The van der Waals surface area contributed by atoms with E-state index in [1.807, 2.05) is 34.6 Å². The molecule has 0 fully saturated rings. The first-order valence-corrected chi connectivity index (χ1v) is 13.2. The zero-order chi connectivity index (χ0) is 23.5. The molecule has 1 N–H and O–H groups in total. The molecule has 0 aliphatic heterocycles. The first-order chi connectivity index (χ1) is 14.2. The second kappa shape index (κ2) is 14.9. The molecule has 30 heavy (non-hydrogen) atoms. The van der Waals surface area contributed by atoms with Crippen molar-refractivity contribution in [2.75, 3.05) is 19.8 Å². The van der Waals surface area contributed by atoms with Gasteiger partial charge in [0.2, 0.25) is 0 Å². The van der Waals surface area contributed by atoms with Crippen LogP contribution in [0, 0.1) is 0 Å². The molecular weight excluding hydrogens is 644 g/mol. The number of aliphatic hydroxyl groups is 1. The summed E-state index contributed by atoms with van der Waals surface area (Å²) in [5, 5.41) is 8.98. The molecule has 0 unspecified atom stereocenters. The maximum Gasteiger partial charge on any atom is 0.147 e. The molecule has 0 spiro atoms. The average Bonchev–Trinajstić information content (AvgIpc) is 2.72. The Morgan fingerprint density at radius 2 is 1.07 bits per heavy atom. The van der Waals surface area contributed by atoms with Crippen LogP contribution in [0.5, 0.6) is 11.5 Å². The summed E-state index contributed by atoms with van der Waals surface area (Å²) >= 11 is 14.4. The molecule has 2 rings (SSSR count). The van der Waals surface area contributed by atoms with Crippen LogP contribution < -0.4 is 9.47 Å². The molecule has 0 atom stereocenters. The van der Waals surface area contributed by atoms with Crippen molar-refractivity contribution in [3.8, 4) is 11.5 Å². The Labute approximate surface area is 215 Å². The summed E-state index contributed by atoms with van der Waals surface area (Å²) in [4.78, 5) is 0. The van der Waals surface area contributed by atoms with Gasteiger partial charge in [-0.05, 0) is 106 Å². The van der Waals surface area contributed by atoms with Crippen LogP contribution in [0.3, 0.4) is 0 Å². The van der Waals surface area contributed by atoms with E-state index < -0.39 is 0 Å². The van der Waals surface area contributed by atoms with Gasteiger partial charge in [-0.1, -0.05) is 41.5 Å². The monoisotopic (exact) mass is 672 g/mol. The van der Waals surface area contributed by atoms with Crippen molar-refractivity contribution in [3.05, 3.63) is 53.3 Å². The van der Waals surface area contributed by atoms with Crippen LogP contribution in [-0.4, -0.2) is 24.9 Å². The van der Waals surface area contributed by atoms with E-state index in [0.717, 1.165) is 34.8 Å². The highest BCUT2D eigenvalue weighted by Gasteiger charge is 2.27. The van der Waals surface area contributed by atoms with Gasteiger partial charge in [0.15, 0.2) is 0 Å². The molecule has 0 saturated heterocycles. The molecule has 0 heterocycles. The van der Waals surface area contributed by atoms with Crippen molar-refractivity contribution in [1.82, 2.24) is 0 Å². The molecule has 7 heteroatoms. The third kappa shape index (κ3) is 7.80. The summed E-state index contributed by atoms with van der Waals surface area (Å²) in [6, 6.07) is 8.28. The van der Waals surface area contributed by atoms with Crippen LogP contribution >= 0.6 is 63.7 Å². The third-order valence-electron chi connectivity index (χ3n) is 4.07. The molecule has 3 nitrogen and oxygen atoms in total. The zero-order valence-electron chi connectivity index (χ0n) is 18.7. The van der Waals surface area contributed by atoms with Crippen LogP contribution in [0.15, 0.2) is 42.2 Å². The molecule has 0 radical (unpaired) electrons. The highest BCUT2D eigenvalue weighted by atomic mass is 79.9. The SMILES string of the molecule is CC.CC.CCOc1c(Br)cc(C(C)(C)c2cc(Br)c(OCCO)c(Br)c2)cc1Br. The van der Waals surface area contributed by atoms with Crippen molar-refractivity contribution in [1.29, 1.82) is 0 Å². The van der Waals surface area contributed by atoms with Crippen LogP contribution in [0.2, 0.25) is 0 Å². The minimum Gasteiger partial charge on any atom is -0.492 e. The standard InChI is InChI=1S/C19H20Br4O3.2C2H6/c1-4-25-17-13(20)7-11(8-14(17)21)19(2,3)12-9-15(22)18(16(23)10-12)26-6-5-24;2*1-2/h7-10,24H,4-6H2,1-3H3;2*1-2H3. The predicted molar refractivity (Wildman–Crippen MR) is 142 cm³/mol. The number of ether oxygens (including phenoxy) is 2.